The Balaban J connectivity index is 3.45. The van der Waals surface area contributed by atoms with E-state index in [2.05, 4.69) is 11.8 Å². The summed E-state index contributed by atoms with van der Waals surface area (Å²) >= 11 is 0. The summed E-state index contributed by atoms with van der Waals surface area (Å²) in [5, 5.41) is 15.6. The summed E-state index contributed by atoms with van der Waals surface area (Å²) in [7, 11) is 0. The van der Waals surface area contributed by atoms with E-state index in [1.807, 2.05) is 0 Å². The number of aliphatic hydroxyl groups is 1. The zero-order valence-corrected chi connectivity index (χ0v) is 7.71. The van der Waals surface area contributed by atoms with Gasteiger partial charge < -0.3 is 15.7 Å². The molecule has 0 aromatic heterocycles. The topological polar surface area (TPSA) is 73.3 Å². The number of nitrogens with two attached hydrogens (primary N) is 1. The van der Waals surface area contributed by atoms with Gasteiger partial charge in [-0.2, -0.15) is 0 Å². The Labute approximate surface area is 73.9 Å². The van der Waals surface area contributed by atoms with Crippen molar-refractivity contribution < 1.29 is 5.11 Å². The maximum atomic E-state index is 8.59. The molecule has 0 aliphatic heterocycles. The molecule has 0 aliphatic rings. The highest BCUT2D eigenvalue weighted by molar-refractivity contribution is 5.76. The third kappa shape index (κ3) is 6.12. The average molecular weight is 173 g/mol. The van der Waals surface area contributed by atoms with Crippen LogP contribution in [0.25, 0.3) is 0 Å². The molecule has 0 saturated heterocycles. The van der Waals surface area contributed by atoms with Crippen LogP contribution in [-0.4, -0.2) is 42.1 Å². The van der Waals surface area contributed by atoms with Gasteiger partial charge in [-0.15, -0.1) is 0 Å². The molecule has 0 aromatic carbocycles. The van der Waals surface area contributed by atoms with Crippen molar-refractivity contribution in [1.29, 1.82) is 5.41 Å². The number of hydrogen-bond acceptors (Lipinski definition) is 3. The molecular weight excluding hydrogens is 154 g/mol. The molecule has 0 aliphatic carbocycles. The third-order valence-electron chi connectivity index (χ3n) is 1.78. The second-order valence-corrected chi connectivity index (χ2v) is 2.79. The average Bonchev–Trinajstić information content (AvgIpc) is 2.05. The molecule has 0 fully saturated rings. The lowest BCUT2D eigenvalue weighted by atomic mass is 10.3. The lowest BCUT2D eigenvalue weighted by Gasteiger charge is -2.18. The lowest BCUT2D eigenvalue weighted by molar-refractivity contribution is 0.233. The summed E-state index contributed by atoms with van der Waals surface area (Å²) in [4.78, 5) is 2.18. The zero-order valence-electron chi connectivity index (χ0n) is 7.71. The molecule has 4 nitrogen and oxygen atoms in total. The molecule has 0 amide bonds. The number of nitrogens with one attached hydrogen (secondary N) is 1. The van der Waals surface area contributed by atoms with Crippen LogP contribution < -0.4 is 5.73 Å². The summed E-state index contributed by atoms with van der Waals surface area (Å²) in [6.07, 6.45) is 1.42. The van der Waals surface area contributed by atoms with E-state index in [0.717, 1.165) is 26.1 Å². The molecule has 0 aromatic rings. The maximum Gasteiger partial charge on any atom is 0.0918 e. The highest BCUT2D eigenvalue weighted by Crippen LogP contribution is 1.92. The SMILES string of the molecule is CCN(CCCO)CCC(=N)N. The van der Waals surface area contributed by atoms with Crippen molar-refractivity contribution in [2.45, 2.75) is 19.8 Å². The van der Waals surface area contributed by atoms with Gasteiger partial charge in [0, 0.05) is 26.1 Å². The van der Waals surface area contributed by atoms with Crippen LogP contribution >= 0.6 is 0 Å². The monoisotopic (exact) mass is 173 g/mol. The van der Waals surface area contributed by atoms with E-state index in [1.54, 1.807) is 0 Å². The van der Waals surface area contributed by atoms with E-state index in [9.17, 15) is 0 Å². The quantitative estimate of drug-likeness (QED) is 0.375. The largest absolute Gasteiger partial charge is 0.396 e. The Bertz CT molecular complexity index is 127. The summed E-state index contributed by atoms with van der Waals surface area (Å²) < 4.78 is 0. The van der Waals surface area contributed by atoms with Gasteiger partial charge in [-0.3, -0.25) is 5.41 Å². The standard InChI is InChI=1S/C8H19N3O/c1-2-11(5-3-7-12)6-4-8(9)10/h12H,2-7H2,1H3,(H3,9,10). The van der Waals surface area contributed by atoms with E-state index in [1.165, 1.54) is 0 Å². The van der Waals surface area contributed by atoms with Crippen LogP contribution in [0.1, 0.15) is 19.8 Å². The summed E-state index contributed by atoms with van der Waals surface area (Å²) in [6.45, 7) is 4.97. The van der Waals surface area contributed by atoms with Crippen LogP contribution in [0.3, 0.4) is 0 Å². The van der Waals surface area contributed by atoms with Gasteiger partial charge in [-0.1, -0.05) is 6.92 Å². The Hall–Kier alpha value is -0.610. The van der Waals surface area contributed by atoms with Gasteiger partial charge in [0.15, 0.2) is 0 Å². The van der Waals surface area contributed by atoms with E-state index in [0.29, 0.717) is 6.42 Å². The Morgan fingerprint density at radius 1 is 1.50 bits per heavy atom. The molecule has 0 heterocycles. The van der Waals surface area contributed by atoms with Gasteiger partial charge in [0.05, 0.1) is 5.84 Å². The number of rotatable bonds is 7. The Morgan fingerprint density at radius 2 is 2.17 bits per heavy atom. The van der Waals surface area contributed by atoms with Crippen molar-refractivity contribution in [1.82, 2.24) is 4.90 Å². The van der Waals surface area contributed by atoms with Gasteiger partial charge in [0.1, 0.15) is 0 Å². The highest BCUT2D eigenvalue weighted by Gasteiger charge is 2.01. The number of amidine groups is 1. The van der Waals surface area contributed by atoms with Crippen LogP contribution in [0.15, 0.2) is 0 Å². The van der Waals surface area contributed by atoms with Gasteiger partial charge in [0.25, 0.3) is 0 Å². The third-order valence-corrected chi connectivity index (χ3v) is 1.78. The van der Waals surface area contributed by atoms with Gasteiger partial charge >= 0.3 is 0 Å². The van der Waals surface area contributed by atoms with Crippen LogP contribution in [-0.2, 0) is 0 Å². The van der Waals surface area contributed by atoms with Gasteiger partial charge in [-0.25, -0.2) is 0 Å². The maximum absolute atomic E-state index is 8.59. The molecule has 12 heavy (non-hydrogen) atoms. The zero-order chi connectivity index (χ0) is 9.40. The molecule has 0 bridgehead atoms. The first-order chi connectivity index (χ1) is 5.70. The number of nitrogens with zero attached hydrogens (tertiary/aromatic N) is 1. The number of hydrogen-bond donors (Lipinski definition) is 3. The first-order valence-corrected chi connectivity index (χ1v) is 4.36. The van der Waals surface area contributed by atoms with E-state index in [-0.39, 0.29) is 12.4 Å². The molecule has 0 atom stereocenters. The second kappa shape index (κ2) is 7.06. The van der Waals surface area contributed by atoms with Crippen molar-refractivity contribution in [3.05, 3.63) is 0 Å². The van der Waals surface area contributed by atoms with E-state index < -0.39 is 0 Å². The van der Waals surface area contributed by atoms with Crippen molar-refractivity contribution in [2.75, 3.05) is 26.2 Å². The van der Waals surface area contributed by atoms with Crippen molar-refractivity contribution >= 4 is 5.84 Å². The first kappa shape index (κ1) is 11.4. The Morgan fingerprint density at radius 3 is 2.58 bits per heavy atom. The van der Waals surface area contributed by atoms with Gasteiger partial charge in [-0.05, 0) is 13.0 Å². The molecular formula is C8H19N3O. The fraction of sp³-hybridized carbons (Fsp3) is 0.875. The summed E-state index contributed by atoms with van der Waals surface area (Å²) in [5.74, 6) is 0.234. The predicted molar refractivity (Wildman–Crippen MR) is 50.3 cm³/mol. The minimum atomic E-state index is 0.233. The van der Waals surface area contributed by atoms with Crippen molar-refractivity contribution in [3.8, 4) is 0 Å². The predicted octanol–water partition coefficient (Wildman–Crippen LogP) is 0.0168. The van der Waals surface area contributed by atoms with Crippen molar-refractivity contribution in [3.63, 3.8) is 0 Å². The first-order valence-electron chi connectivity index (χ1n) is 4.36. The number of aliphatic hydroxyl groups excluding tert-OH is 1. The normalized spacial score (nSPS) is 10.6. The smallest absolute Gasteiger partial charge is 0.0918 e. The molecule has 4 N–H and O–H groups in total. The molecule has 4 heteroatoms. The second-order valence-electron chi connectivity index (χ2n) is 2.79. The molecule has 72 valence electrons. The molecule has 0 saturated carbocycles. The van der Waals surface area contributed by atoms with Gasteiger partial charge in [0.2, 0.25) is 0 Å². The lowest BCUT2D eigenvalue weighted by Crippen LogP contribution is -2.29. The van der Waals surface area contributed by atoms with Crippen LogP contribution in [0, 0.1) is 5.41 Å². The van der Waals surface area contributed by atoms with Crippen molar-refractivity contribution in [2.24, 2.45) is 5.73 Å². The van der Waals surface area contributed by atoms with E-state index in [4.69, 9.17) is 16.2 Å². The highest BCUT2D eigenvalue weighted by atomic mass is 16.3. The Kier molecular flexibility index (Phi) is 6.70. The molecule has 0 radical (unpaired) electrons. The van der Waals surface area contributed by atoms with Crippen LogP contribution in [0.5, 0.6) is 0 Å². The van der Waals surface area contributed by atoms with Crippen LogP contribution in [0.2, 0.25) is 0 Å². The minimum absolute atomic E-state index is 0.233. The fourth-order valence-electron chi connectivity index (χ4n) is 1.00. The van der Waals surface area contributed by atoms with Crippen LogP contribution in [0.4, 0.5) is 0 Å². The molecule has 0 spiro atoms. The summed E-state index contributed by atoms with van der Waals surface area (Å²) in [5.41, 5.74) is 5.23. The molecule has 0 unspecified atom stereocenters. The molecule has 0 rings (SSSR count). The van der Waals surface area contributed by atoms with E-state index >= 15 is 0 Å². The summed E-state index contributed by atoms with van der Waals surface area (Å²) in [6, 6.07) is 0. The fourth-order valence-corrected chi connectivity index (χ4v) is 1.00. The minimum Gasteiger partial charge on any atom is -0.396 e.